The predicted octanol–water partition coefficient (Wildman–Crippen LogP) is 5.76. The highest BCUT2D eigenvalue weighted by Crippen LogP contribution is 2.16. The van der Waals surface area contributed by atoms with E-state index in [1.54, 1.807) is 0 Å². The van der Waals surface area contributed by atoms with Crippen LogP contribution in [0.3, 0.4) is 0 Å². The van der Waals surface area contributed by atoms with Gasteiger partial charge in [0, 0.05) is 7.11 Å². The van der Waals surface area contributed by atoms with E-state index in [-0.39, 0.29) is 0 Å². The van der Waals surface area contributed by atoms with Gasteiger partial charge in [-0.05, 0) is 19.1 Å². The van der Waals surface area contributed by atoms with Gasteiger partial charge >= 0.3 is 0 Å². The molecule has 0 aliphatic carbocycles. The largest absolute Gasteiger partial charge is 0.420 e. The van der Waals surface area contributed by atoms with Gasteiger partial charge in [-0.3, -0.25) is 0 Å². The van der Waals surface area contributed by atoms with Crippen LogP contribution in [0.15, 0.2) is 0 Å². The topological polar surface area (TPSA) is 9.23 Å². The molecule has 0 amide bonds. The molecular formula is C15H34OSi. The quantitative estimate of drug-likeness (QED) is 0.319. The summed E-state index contributed by atoms with van der Waals surface area (Å²) < 4.78 is 5.56. The Balaban J connectivity index is 3.09. The van der Waals surface area contributed by atoms with Gasteiger partial charge < -0.3 is 4.43 Å². The fourth-order valence-corrected chi connectivity index (χ4v) is 3.45. The highest BCUT2D eigenvalue weighted by atomic mass is 28.4. The van der Waals surface area contributed by atoms with Crippen molar-refractivity contribution in [3.8, 4) is 0 Å². The molecule has 0 heterocycles. The summed E-state index contributed by atoms with van der Waals surface area (Å²) in [6.45, 7) is 6.92. The summed E-state index contributed by atoms with van der Waals surface area (Å²) in [6.07, 6.45) is 14.3. The van der Waals surface area contributed by atoms with Gasteiger partial charge in [0.05, 0.1) is 0 Å². The molecule has 1 nitrogen and oxygen atoms in total. The predicted molar refractivity (Wildman–Crippen MR) is 81.1 cm³/mol. The number of hydrogen-bond donors (Lipinski definition) is 0. The maximum Gasteiger partial charge on any atom is 0.186 e. The number of rotatable bonds is 12. The molecule has 0 aromatic carbocycles. The van der Waals surface area contributed by atoms with Crippen molar-refractivity contribution in [1.82, 2.24) is 0 Å². The first kappa shape index (κ1) is 17.2. The lowest BCUT2D eigenvalue weighted by Crippen LogP contribution is -2.27. The third kappa shape index (κ3) is 12.4. The molecule has 0 spiro atoms. The molecule has 0 saturated heterocycles. The summed E-state index contributed by atoms with van der Waals surface area (Å²) in [4.78, 5) is 0. The SMILES string of the molecule is CCCCCCCCCCCC[Si](C)(C)OC. The first-order chi connectivity index (χ1) is 8.12. The van der Waals surface area contributed by atoms with Crippen LogP contribution < -0.4 is 0 Å². The van der Waals surface area contributed by atoms with E-state index in [1.165, 1.54) is 70.3 Å². The Bertz CT molecular complexity index is 157. The average Bonchev–Trinajstić information content (AvgIpc) is 2.31. The fourth-order valence-electron chi connectivity index (χ4n) is 2.14. The third-order valence-corrected chi connectivity index (χ3v) is 6.35. The van der Waals surface area contributed by atoms with Crippen molar-refractivity contribution in [3.05, 3.63) is 0 Å². The summed E-state index contributed by atoms with van der Waals surface area (Å²) in [6, 6.07) is 1.33. The minimum absolute atomic E-state index is 1.27. The van der Waals surface area contributed by atoms with Crippen molar-refractivity contribution in [2.45, 2.75) is 90.3 Å². The molecule has 0 atom stereocenters. The Hall–Kier alpha value is 0.177. The standard InChI is InChI=1S/C15H34OSi/c1-5-6-7-8-9-10-11-12-13-14-15-17(3,4)16-2/h5-15H2,1-4H3. The zero-order chi connectivity index (χ0) is 13.0. The van der Waals surface area contributed by atoms with Gasteiger partial charge in [-0.2, -0.15) is 0 Å². The lowest BCUT2D eigenvalue weighted by molar-refractivity contribution is 0.400. The second kappa shape index (κ2) is 11.3. The van der Waals surface area contributed by atoms with Gasteiger partial charge in [-0.1, -0.05) is 71.1 Å². The minimum Gasteiger partial charge on any atom is -0.420 e. The third-order valence-electron chi connectivity index (χ3n) is 3.68. The summed E-state index contributed by atoms with van der Waals surface area (Å²) in [5.41, 5.74) is 0. The van der Waals surface area contributed by atoms with Gasteiger partial charge in [-0.25, -0.2) is 0 Å². The molecular weight excluding hydrogens is 224 g/mol. The molecule has 0 fully saturated rings. The lowest BCUT2D eigenvalue weighted by atomic mass is 10.1. The molecule has 0 unspecified atom stereocenters. The molecule has 17 heavy (non-hydrogen) atoms. The van der Waals surface area contributed by atoms with Crippen molar-refractivity contribution in [2.75, 3.05) is 7.11 Å². The van der Waals surface area contributed by atoms with E-state index in [1.807, 2.05) is 7.11 Å². The van der Waals surface area contributed by atoms with Crippen LogP contribution in [-0.4, -0.2) is 15.4 Å². The lowest BCUT2D eigenvalue weighted by Gasteiger charge is -2.19. The Kier molecular flexibility index (Phi) is 11.4. The normalized spacial score (nSPS) is 12.0. The van der Waals surface area contributed by atoms with Crippen LogP contribution in [0.25, 0.3) is 0 Å². The summed E-state index contributed by atoms with van der Waals surface area (Å²) in [5, 5.41) is 0. The van der Waals surface area contributed by atoms with E-state index in [0.717, 1.165) is 0 Å². The van der Waals surface area contributed by atoms with Gasteiger partial charge in [-0.15, -0.1) is 0 Å². The number of unbranched alkanes of at least 4 members (excludes halogenated alkanes) is 9. The van der Waals surface area contributed by atoms with Gasteiger partial charge in [0.1, 0.15) is 0 Å². The van der Waals surface area contributed by atoms with Crippen molar-refractivity contribution >= 4 is 8.32 Å². The van der Waals surface area contributed by atoms with E-state index >= 15 is 0 Å². The second-order valence-corrected chi connectivity index (χ2v) is 10.3. The van der Waals surface area contributed by atoms with E-state index in [2.05, 4.69) is 20.0 Å². The van der Waals surface area contributed by atoms with E-state index in [4.69, 9.17) is 4.43 Å². The molecule has 0 N–H and O–H groups in total. The van der Waals surface area contributed by atoms with E-state index in [9.17, 15) is 0 Å². The molecule has 2 heteroatoms. The maximum atomic E-state index is 5.56. The molecule has 0 saturated carbocycles. The Morgan fingerprint density at radius 1 is 0.706 bits per heavy atom. The van der Waals surface area contributed by atoms with Crippen molar-refractivity contribution < 1.29 is 4.43 Å². The monoisotopic (exact) mass is 258 g/mol. The molecule has 0 aromatic rings. The van der Waals surface area contributed by atoms with E-state index < -0.39 is 8.32 Å². The van der Waals surface area contributed by atoms with Crippen molar-refractivity contribution in [2.24, 2.45) is 0 Å². The Morgan fingerprint density at radius 3 is 1.53 bits per heavy atom. The highest BCUT2D eigenvalue weighted by molar-refractivity contribution is 6.71. The molecule has 0 aromatic heterocycles. The van der Waals surface area contributed by atoms with Crippen LogP contribution in [0.4, 0.5) is 0 Å². The highest BCUT2D eigenvalue weighted by Gasteiger charge is 2.18. The molecule has 0 bridgehead atoms. The Labute approximate surface area is 110 Å². The smallest absolute Gasteiger partial charge is 0.186 e. The fraction of sp³-hybridized carbons (Fsp3) is 1.00. The summed E-state index contributed by atoms with van der Waals surface area (Å²) in [7, 11) is 0.610. The second-order valence-electron chi connectivity index (χ2n) is 5.90. The average molecular weight is 259 g/mol. The molecule has 0 aliphatic heterocycles. The van der Waals surface area contributed by atoms with Gasteiger partial charge in [0.2, 0.25) is 0 Å². The van der Waals surface area contributed by atoms with Crippen molar-refractivity contribution in [1.29, 1.82) is 0 Å². The summed E-state index contributed by atoms with van der Waals surface area (Å²) >= 11 is 0. The van der Waals surface area contributed by atoms with Crippen LogP contribution in [0.5, 0.6) is 0 Å². The van der Waals surface area contributed by atoms with Crippen molar-refractivity contribution in [3.63, 3.8) is 0 Å². The van der Waals surface area contributed by atoms with Crippen LogP contribution in [-0.2, 0) is 4.43 Å². The zero-order valence-corrected chi connectivity index (χ0v) is 13.7. The van der Waals surface area contributed by atoms with Crippen LogP contribution in [0.2, 0.25) is 19.1 Å². The Morgan fingerprint density at radius 2 is 1.12 bits per heavy atom. The zero-order valence-electron chi connectivity index (χ0n) is 12.7. The van der Waals surface area contributed by atoms with Crippen LogP contribution in [0.1, 0.15) is 71.1 Å². The molecule has 0 aliphatic rings. The molecule has 0 radical (unpaired) electrons. The minimum atomic E-state index is -1.27. The van der Waals surface area contributed by atoms with Crippen LogP contribution in [0, 0.1) is 0 Å². The van der Waals surface area contributed by atoms with Crippen LogP contribution >= 0.6 is 0 Å². The van der Waals surface area contributed by atoms with Gasteiger partial charge in [0.25, 0.3) is 0 Å². The first-order valence-electron chi connectivity index (χ1n) is 7.67. The van der Waals surface area contributed by atoms with E-state index in [0.29, 0.717) is 0 Å². The maximum absolute atomic E-state index is 5.56. The first-order valence-corrected chi connectivity index (χ1v) is 10.8. The number of hydrogen-bond acceptors (Lipinski definition) is 1. The summed E-state index contributed by atoms with van der Waals surface area (Å²) in [5.74, 6) is 0. The molecule has 104 valence electrons. The van der Waals surface area contributed by atoms with Gasteiger partial charge in [0.15, 0.2) is 8.32 Å². The molecule has 0 rings (SSSR count).